The minimum Gasteiger partial charge on any atom is -0.261 e. The number of hydrogen-bond donors (Lipinski definition) is 0. The molecule has 0 aromatic carbocycles. The number of halogens is 1. The number of rotatable bonds is 0. The van der Waals surface area contributed by atoms with Crippen molar-refractivity contribution in [2.75, 3.05) is 5.75 Å². The molecule has 18 heavy (non-hydrogen) atoms. The Morgan fingerprint density at radius 3 is 3.28 bits per heavy atom. The second-order valence-electron chi connectivity index (χ2n) is 4.62. The summed E-state index contributed by atoms with van der Waals surface area (Å²) in [6, 6.07) is 2.13. The lowest BCUT2D eigenvalue weighted by Crippen LogP contribution is -2.28. The third kappa shape index (κ3) is 1.68. The monoisotopic (exact) mass is 274 g/mol. The summed E-state index contributed by atoms with van der Waals surface area (Å²) in [5.74, 6) is 0.957. The van der Waals surface area contributed by atoms with Gasteiger partial charge in [-0.25, -0.2) is 0 Å². The first-order chi connectivity index (χ1) is 8.76. The van der Waals surface area contributed by atoms with Gasteiger partial charge in [0.05, 0.1) is 11.5 Å². The second-order valence-corrected chi connectivity index (χ2v) is 5.88. The second kappa shape index (κ2) is 4.46. The van der Waals surface area contributed by atoms with Crippen molar-refractivity contribution in [3.63, 3.8) is 0 Å². The van der Waals surface area contributed by atoms with E-state index in [9.17, 15) is 0 Å². The summed E-state index contributed by atoms with van der Waals surface area (Å²) in [5, 5.41) is 11.7. The van der Waals surface area contributed by atoms with Crippen molar-refractivity contribution in [3.8, 4) is 6.07 Å². The van der Waals surface area contributed by atoms with E-state index in [1.165, 1.54) is 0 Å². The van der Waals surface area contributed by atoms with Gasteiger partial charge in [-0.15, -0.1) is 11.8 Å². The Bertz CT molecular complexity index is 589. The normalized spacial score (nSPS) is 31.8. The van der Waals surface area contributed by atoms with Crippen LogP contribution in [0.4, 0.5) is 0 Å². The van der Waals surface area contributed by atoms with Crippen molar-refractivity contribution in [2.45, 2.75) is 12.8 Å². The number of allylic oxidation sites excluding steroid dienone is 6. The van der Waals surface area contributed by atoms with Gasteiger partial charge in [0.2, 0.25) is 0 Å². The highest BCUT2D eigenvalue weighted by atomic mass is 35.5. The summed E-state index contributed by atoms with van der Waals surface area (Å²) in [7, 11) is 0. The van der Waals surface area contributed by atoms with Crippen LogP contribution in [-0.2, 0) is 0 Å². The van der Waals surface area contributed by atoms with Gasteiger partial charge in [0.1, 0.15) is 0 Å². The van der Waals surface area contributed by atoms with Gasteiger partial charge < -0.3 is 0 Å². The Labute approximate surface area is 115 Å². The predicted molar refractivity (Wildman–Crippen MR) is 76.4 cm³/mol. The first kappa shape index (κ1) is 11.8. The lowest BCUT2D eigenvalue weighted by molar-refractivity contribution is 0.477. The molecule has 0 amide bonds. The van der Waals surface area contributed by atoms with Crippen molar-refractivity contribution in [2.24, 2.45) is 10.4 Å². The number of hydrogen-bond acceptors (Lipinski definition) is 3. The predicted octanol–water partition coefficient (Wildman–Crippen LogP) is 3.94. The average Bonchev–Trinajstić information content (AvgIpc) is 2.71. The SMILES string of the molecule is N#CC=C1CC=C2N=CC=C(Cl)C3=CSCC23C1. The first-order valence-corrected chi connectivity index (χ1v) is 7.19. The van der Waals surface area contributed by atoms with E-state index in [4.69, 9.17) is 16.9 Å². The van der Waals surface area contributed by atoms with Crippen LogP contribution >= 0.6 is 23.4 Å². The summed E-state index contributed by atoms with van der Waals surface area (Å²) in [4.78, 5) is 4.53. The zero-order valence-electron chi connectivity index (χ0n) is 9.69. The fraction of sp³-hybridized carbons (Fsp3) is 0.286. The molecule has 3 aliphatic rings. The van der Waals surface area contributed by atoms with Crippen LogP contribution in [0.1, 0.15) is 12.8 Å². The Morgan fingerprint density at radius 1 is 1.56 bits per heavy atom. The van der Waals surface area contributed by atoms with Gasteiger partial charge in [-0.1, -0.05) is 23.3 Å². The molecule has 1 atom stereocenters. The Hall–Kier alpha value is -1.24. The van der Waals surface area contributed by atoms with E-state index in [0.717, 1.165) is 40.5 Å². The van der Waals surface area contributed by atoms with Gasteiger partial charge in [-0.2, -0.15) is 5.26 Å². The van der Waals surface area contributed by atoms with Crippen molar-refractivity contribution < 1.29 is 0 Å². The van der Waals surface area contributed by atoms with Crippen molar-refractivity contribution in [1.82, 2.24) is 0 Å². The van der Waals surface area contributed by atoms with E-state index in [1.54, 1.807) is 24.1 Å². The standard InChI is InChI=1S/C14H11ClN2S/c15-12-4-6-17-13-2-1-10(3-5-16)7-14(13)9-18-8-11(12)14/h2-4,6,8H,1,7,9H2. The van der Waals surface area contributed by atoms with E-state index in [0.29, 0.717) is 0 Å². The molecule has 0 fully saturated rings. The van der Waals surface area contributed by atoms with E-state index < -0.39 is 0 Å². The zero-order valence-corrected chi connectivity index (χ0v) is 11.3. The van der Waals surface area contributed by atoms with Crippen LogP contribution in [-0.4, -0.2) is 12.0 Å². The first-order valence-electron chi connectivity index (χ1n) is 5.77. The topological polar surface area (TPSA) is 36.1 Å². The van der Waals surface area contributed by atoms with Crippen LogP contribution in [0.2, 0.25) is 0 Å². The summed E-state index contributed by atoms with van der Waals surface area (Å²) in [5.41, 5.74) is 3.30. The molecule has 0 radical (unpaired) electrons. The zero-order chi connectivity index (χ0) is 12.6. The molecule has 1 aliphatic carbocycles. The quantitative estimate of drug-likeness (QED) is 0.627. The van der Waals surface area contributed by atoms with Gasteiger partial charge in [-0.05, 0) is 29.9 Å². The molecule has 2 heterocycles. The highest BCUT2D eigenvalue weighted by molar-refractivity contribution is 8.02. The molecule has 0 bridgehead atoms. The minimum absolute atomic E-state index is 0.119. The molecular formula is C14H11ClN2S. The van der Waals surface area contributed by atoms with Gasteiger partial charge in [0.25, 0.3) is 0 Å². The Kier molecular flexibility index (Phi) is 2.93. The molecular weight excluding hydrogens is 264 g/mol. The third-order valence-electron chi connectivity index (χ3n) is 3.58. The number of aliphatic imine (C=N–C) groups is 1. The molecule has 90 valence electrons. The van der Waals surface area contributed by atoms with Crippen LogP contribution in [0.25, 0.3) is 0 Å². The molecule has 0 saturated carbocycles. The number of nitriles is 1. The fourth-order valence-corrected chi connectivity index (χ4v) is 4.37. The fourth-order valence-electron chi connectivity index (χ4n) is 2.72. The van der Waals surface area contributed by atoms with Gasteiger partial charge >= 0.3 is 0 Å². The summed E-state index contributed by atoms with van der Waals surface area (Å²) in [6.07, 6.45) is 9.10. The number of thioether (sulfide) groups is 1. The highest BCUT2D eigenvalue weighted by Crippen LogP contribution is 2.56. The lowest BCUT2D eigenvalue weighted by Gasteiger charge is -2.35. The van der Waals surface area contributed by atoms with Crippen molar-refractivity contribution in [3.05, 3.63) is 45.5 Å². The van der Waals surface area contributed by atoms with Crippen molar-refractivity contribution >= 4 is 29.6 Å². The third-order valence-corrected chi connectivity index (χ3v) is 4.98. The summed E-state index contributed by atoms with van der Waals surface area (Å²) < 4.78 is 0. The summed E-state index contributed by atoms with van der Waals surface area (Å²) in [6.45, 7) is 0. The lowest BCUT2D eigenvalue weighted by atomic mass is 9.71. The molecule has 2 nitrogen and oxygen atoms in total. The number of nitrogens with zero attached hydrogens (tertiary/aromatic N) is 2. The van der Waals surface area contributed by atoms with Crippen LogP contribution in [0.15, 0.2) is 50.5 Å². The maximum Gasteiger partial charge on any atom is 0.0911 e. The molecule has 0 N–H and O–H groups in total. The average molecular weight is 275 g/mol. The van der Waals surface area contributed by atoms with Crippen LogP contribution < -0.4 is 0 Å². The molecule has 4 heteroatoms. The van der Waals surface area contributed by atoms with Crippen LogP contribution in [0.5, 0.6) is 0 Å². The van der Waals surface area contributed by atoms with E-state index >= 15 is 0 Å². The van der Waals surface area contributed by atoms with Gasteiger partial charge in [-0.3, -0.25) is 4.99 Å². The van der Waals surface area contributed by atoms with Crippen molar-refractivity contribution in [1.29, 1.82) is 5.26 Å². The molecule has 1 spiro atoms. The van der Waals surface area contributed by atoms with E-state index in [1.807, 2.05) is 6.08 Å². The maximum absolute atomic E-state index is 8.83. The Balaban J connectivity index is 2.13. The largest absolute Gasteiger partial charge is 0.261 e. The summed E-state index contributed by atoms with van der Waals surface area (Å²) >= 11 is 8.11. The molecule has 1 unspecified atom stereocenters. The van der Waals surface area contributed by atoms with Gasteiger partial charge in [0, 0.05) is 28.8 Å². The molecule has 3 rings (SSSR count). The van der Waals surface area contributed by atoms with E-state index in [-0.39, 0.29) is 5.41 Å². The molecule has 0 aromatic heterocycles. The Morgan fingerprint density at radius 2 is 2.44 bits per heavy atom. The molecule has 0 aromatic rings. The van der Waals surface area contributed by atoms with Crippen LogP contribution in [0.3, 0.4) is 0 Å². The molecule has 0 saturated heterocycles. The highest BCUT2D eigenvalue weighted by Gasteiger charge is 2.45. The van der Waals surface area contributed by atoms with E-state index in [2.05, 4.69) is 22.5 Å². The minimum atomic E-state index is -0.119. The van der Waals surface area contributed by atoms with Gasteiger partial charge in [0.15, 0.2) is 0 Å². The molecule has 2 aliphatic heterocycles. The van der Waals surface area contributed by atoms with Crippen LogP contribution in [0, 0.1) is 16.7 Å². The maximum atomic E-state index is 8.83. The smallest absolute Gasteiger partial charge is 0.0911 e.